The SMILES string of the molecule is COC(=O)c1nnc(C(=O)OC)c2c1[C@@H]1C=C[C@H]2OO1. The molecule has 2 atom stereocenters. The Morgan fingerprint density at radius 2 is 1.35 bits per heavy atom. The van der Waals surface area contributed by atoms with Crippen molar-refractivity contribution in [3.63, 3.8) is 0 Å². The Labute approximate surface area is 113 Å². The van der Waals surface area contributed by atoms with Crippen molar-refractivity contribution in [2.45, 2.75) is 12.2 Å². The second-order valence-corrected chi connectivity index (χ2v) is 4.13. The van der Waals surface area contributed by atoms with Gasteiger partial charge < -0.3 is 9.47 Å². The third-order valence-corrected chi connectivity index (χ3v) is 3.10. The maximum atomic E-state index is 11.8. The highest BCUT2D eigenvalue weighted by atomic mass is 17.2. The summed E-state index contributed by atoms with van der Waals surface area (Å²) in [6, 6.07) is 0. The van der Waals surface area contributed by atoms with Crippen molar-refractivity contribution in [3.8, 4) is 0 Å². The average Bonchev–Trinajstić information content (AvgIpc) is 2.53. The first-order valence-corrected chi connectivity index (χ1v) is 5.75. The van der Waals surface area contributed by atoms with Gasteiger partial charge in [0.1, 0.15) is 12.2 Å². The summed E-state index contributed by atoms with van der Waals surface area (Å²) in [5, 5.41) is 7.51. The van der Waals surface area contributed by atoms with Gasteiger partial charge in [-0.05, 0) is 12.2 Å². The number of hydrogen-bond acceptors (Lipinski definition) is 8. The van der Waals surface area contributed by atoms with Crippen molar-refractivity contribution in [1.82, 2.24) is 10.2 Å². The number of nitrogens with zero attached hydrogens (tertiary/aromatic N) is 2. The van der Waals surface area contributed by atoms with E-state index in [4.69, 9.17) is 9.78 Å². The highest BCUT2D eigenvalue weighted by molar-refractivity contribution is 5.93. The minimum absolute atomic E-state index is 0.00203. The van der Waals surface area contributed by atoms with Crippen molar-refractivity contribution in [2.75, 3.05) is 14.2 Å². The molecule has 8 heteroatoms. The molecule has 0 fully saturated rings. The topological polar surface area (TPSA) is 96.8 Å². The smallest absolute Gasteiger partial charge is 0.359 e. The largest absolute Gasteiger partial charge is 0.464 e. The van der Waals surface area contributed by atoms with Gasteiger partial charge in [-0.3, -0.25) is 0 Å². The van der Waals surface area contributed by atoms with Crippen LogP contribution < -0.4 is 0 Å². The van der Waals surface area contributed by atoms with Gasteiger partial charge >= 0.3 is 11.9 Å². The Hall–Kier alpha value is -2.32. The van der Waals surface area contributed by atoms with E-state index in [1.54, 1.807) is 12.2 Å². The number of methoxy groups -OCH3 is 2. The van der Waals surface area contributed by atoms with Crippen LogP contribution in [0.1, 0.15) is 44.3 Å². The molecule has 1 aliphatic carbocycles. The predicted molar refractivity (Wildman–Crippen MR) is 61.5 cm³/mol. The summed E-state index contributed by atoms with van der Waals surface area (Å²) in [6.45, 7) is 0. The fourth-order valence-electron chi connectivity index (χ4n) is 2.21. The molecule has 2 bridgehead atoms. The highest BCUT2D eigenvalue weighted by Crippen LogP contribution is 2.43. The molecule has 8 nitrogen and oxygen atoms in total. The molecule has 20 heavy (non-hydrogen) atoms. The van der Waals surface area contributed by atoms with Gasteiger partial charge in [0, 0.05) is 11.1 Å². The maximum Gasteiger partial charge on any atom is 0.359 e. The number of fused-ring (bicyclic) bond motifs is 1. The number of carbonyl (C=O) groups excluding carboxylic acids is 2. The van der Waals surface area contributed by atoms with Gasteiger partial charge in [-0.25, -0.2) is 19.4 Å². The van der Waals surface area contributed by atoms with E-state index in [9.17, 15) is 9.59 Å². The Morgan fingerprint density at radius 3 is 1.65 bits per heavy atom. The molecule has 0 amide bonds. The van der Waals surface area contributed by atoms with Crippen LogP contribution in [-0.2, 0) is 19.2 Å². The number of ether oxygens (including phenoxy) is 2. The van der Waals surface area contributed by atoms with Gasteiger partial charge in [0.25, 0.3) is 0 Å². The molecule has 0 saturated carbocycles. The Morgan fingerprint density at radius 1 is 0.950 bits per heavy atom. The van der Waals surface area contributed by atoms with Gasteiger partial charge in [0.2, 0.25) is 0 Å². The van der Waals surface area contributed by atoms with Gasteiger partial charge in [0.05, 0.1) is 14.2 Å². The van der Waals surface area contributed by atoms with E-state index < -0.39 is 24.1 Å². The van der Waals surface area contributed by atoms with Crippen molar-refractivity contribution in [2.24, 2.45) is 0 Å². The number of carbonyl (C=O) groups is 2. The molecule has 0 unspecified atom stereocenters. The minimum Gasteiger partial charge on any atom is -0.464 e. The van der Waals surface area contributed by atoms with E-state index in [1.165, 1.54) is 14.2 Å². The van der Waals surface area contributed by atoms with E-state index in [2.05, 4.69) is 19.7 Å². The molecule has 1 aromatic rings. The van der Waals surface area contributed by atoms with Crippen LogP contribution in [0.2, 0.25) is 0 Å². The number of aromatic nitrogens is 2. The molecule has 0 radical (unpaired) electrons. The Kier molecular flexibility index (Phi) is 2.96. The van der Waals surface area contributed by atoms with Crippen LogP contribution in [-0.4, -0.2) is 36.4 Å². The fourth-order valence-corrected chi connectivity index (χ4v) is 2.21. The minimum atomic E-state index is -0.658. The van der Waals surface area contributed by atoms with E-state index in [1.807, 2.05) is 0 Å². The summed E-state index contributed by atoms with van der Waals surface area (Å²) >= 11 is 0. The molecule has 0 aromatic carbocycles. The molecule has 4 rings (SSSR count). The van der Waals surface area contributed by atoms with Crippen LogP contribution in [0, 0.1) is 0 Å². The van der Waals surface area contributed by atoms with Crippen LogP contribution in [0.25, 0.3) is 0 Å². The van der Waals surface area contributed by atoms with Crippen molar-refractivity contribution in [3.05, 3.63) is 34.7 Å². The second kappa shape index (κ2) is 4.66. The molecule has 3 heterocycles. The Balaban J connectivity index is 2.24. The van der Waals surface area contributed by atoms with E-state index in [0.717, 1.165) is 0 Å². The summed E-state index contributed by atoms with van der Waals surface area (Å²) < 4.78 is 9.32. The molecule has 104 valence electrons. The van der Waals surface area contributed by atoms with Gasteiger partial charge in [-0.15, -0.1) is 10.2 Å². The first-order chi connectivity index (χ1) is 9.67. The zero-order valence-corrected chi connectivity index (χ0v) is 10.7. The zero-order valence-electron chi connectivity index (χ0n) is 10.7. The lowest BCUT2D eigenvalue weighted by atomic mass is 9.89. The summed E-state index contributed by atoms with van der Waals surface area (Å²) in [7, 11) is 2.47. The second-order valence-electron chi connectivity index (χ2n) is 4.13. The summed E-state index contributed by atoms with van der Waals surface area (Å²) in [4.78, 5) is 33.7. The molecule has 0 saturated heterocycles. The third-order valence-electron chi connectivity index (χ3n) is 3.10. The average molecular weight is 278 g/mol. The standard InChI is InChI=1S/C12H10N2O6/c1-17-11(15)9-7-5-3-4-6(20-19-5)8(7)10(14-13-9)12(16)18-2/h3-6H,1-2H3/t5-,6+. The van der Waals surface area contributed by atoms with E-state index in [-0.39, 0.29) is 11.4 Å². The van der Waals surface area contributed by atoms with Crippen molar-refractivity contribution in [1.29, 1.82) is 0 Å². The molecule has 3 aliphatic rings. The monoisotopic (exact) mass is 278 g/mol. The van der Waals surface area contributed by atoms with Crippen LogP contribution in [0.4, 0.5) is 0 Å². The molecule has 0 spiro atoms. The molecule has 1 aromatic heterocycles. The lowest BCUT2D eigenvalue weighted by molar-refractivity contribution is -0.355. The van der Waals surface area contributed by atoms with E-state index in [0.29, 0.717) is 11.1 Å². The van der Waals surface area contributed by atoms with Gasteiger partial charge in [-0.1, -0.05) is 0 Å². The maximum absolute atomic E-state index is 11.8. The van der Waals surface area contributed by atoms with Crippen molar-refractivity contribution >= 4 is 11.9 Å². The zero-order chi connectivity index (χ0) is 14.3. The molecular formula is C12H10N2O6. The van der Waals surface area contributed by atoms with E-state index >= 15 is 0 Å². The number of esters is 2. The Bertz CT molecular complexity index is 574. The van der Waals surface area contributed by atoms with Crippen LogP contribution >= 0.6 is 0 Å². The van der Waals surface area contributed by atoms with Gasteiger partial charge in [-0.2, -0.15) is 0 Å². The lowest BCUT2D eigenvalue weighted by Gasteiger charge is -2.33. The van der Waals surface area contributed by atoms with Crippen LogP contribution in [0.3, 0.4) is 0 Å². The predicted octanol–water partition coefficient (Wildman–Crippen LogP) is 0.664. The van der Waals surface area contributed by atoms with Crippen molar-refractivity contribution < 1.29 is 28.8 Å². The van der Waals surface area contributed by atoms with Crippen LogP contribution in [0.5, 0.6) is 0 Å². The summed E-state index contributed by atoms with van der Waals surface area (Å²) in [6.07, 6.45) is 2.16. The quantitative estimate of drug-likeness (QED) is 0.442. The molecular weight excluding hydrogens is 268 g/mol. The number of rotatable bonds is 2. The molecule has 0 N–H and O–H groups in total. The normalized spacial score (nSPS) is 22.3. The lowest BCUT2D eigenvalue weighted by Crippen LogP contribution is -2.29. The molecule has 2 aliphatic heterocycles. The fraction of sp³-hybridized carbons (Fsp3) is 0.333. The summed E-state index contributed by atoms with van der Waals surface area (Å²) in [5.74, 6) is -1.32. The summed E-state index contributed by atoms with van der Waals surface area (Å²) in [5.41, 5.74) is 0.840. The number of hydrogen-bond donors (Lipinski definition) is 0. The third kappa shape index (κ3) is 1.69. The first-order valence-electron chi connectivity index (χ1n) is 5.75. The highest BCUT2D eigenvalue weighted by Gasteiger charge is 2.40. The van der Waals surface area contributed by atoms with Gasteiger partial charge in [0.15, 0.2) is 11.4 Å². The van der Waals surface area contributed by atoms with Crippen LogP contribution in [0.15, 0.2) is 12.2 Å². The first kappa shape index (κ1) is 12.7.